The van der Waals surface area contributed by atoms with Crippen molar-refractivity contribution < 1.29 is 14.3 Å². The zero-order chi connectivity index (χ0) is 22.2. The van der Waals surface area contributed by atoms with Crippen molar-refractivity contribution >= 4 is 69.5 Å². The molecule has 160 valence electrons. The number of halogens is 2. The van der Waals surface area contributed by atoms with Crippen LogP contribution in [-0.2, 0) is 9.59 Å². The van der Waals surface area contributed by atoms with E-state index in [1.165, 1.54) is 11.8 Å². The lowest BCUT2D eigenvalue weighted by Crippen LogP contribution is -2.36. The van der Waals surface area contributed by atoms with Crippen molar-refractivity contribution in [1.82, 2.24) is 4.90 Å². The van der Waals surface area contributed by atoms with Crippen LogP contribution >= 0.6 is 47.2 Å². The first-order valence-electron chi connectivity index (χ1n) is 9.68. The van der Waals surface area contributed by atoms with Crippen molar-refractivity contribution in [3.8, 4) is 5.75 Å². The summed E-state index contributed by atoms with van der Waals surface area (Å²) < 4.78 is 6.28. The molecule has 0 radical (unpaired) electrons. The Kier molecular flexibility index (Phi) is 7.02. The zero-order valence-corrected chi connectivity index (χ0v) is 20.3. The van der Waals surface area contributed by atoms with E-state index in [2.05, 4.69) is 0 Å². The summed E-state index contributed by atoms with van der Waals surface area (Å²) in [5.74, 6) is -0.249. The van der Waals surface area contributed by atoms with Gasteiger partial charge in [-0.1, -0.05) is 80.1 Å². The number of thiocarbonyl (C=S) groups is 1. The van der Waals surface area contributed by atoms with Crippen molar-refractivity contribution in [2.24, 2.45) is 17.3 Å². The number of amides is 1. The van der Waals surface area contributed by atoms with E-state index in [0.29, 0.717) is 15.0 Å². The number of hydrogen-bond donors (Lipinski definition) is 0. The molecule has 3 rings (SSSR count). The van der Waals surface area contributed by atoms with Crippen LogP contribution in [0.2, 0.25) is 0 Å². The summed E-state index contributed by atoms with van der Waals surface area (Å²) in [6.45, 7) is 7.98. The Hall–Kier alpha value is -1.34. The molecule has 1 aromatic carbocycles. The molecular weight excluding hydrogens is 461 g/mol. The van der Waals surface area contributed by atoms with Crippen LogP contribution in [0.3, 0.4) is 0 Å². The van der Waals surface area contributed by atoms with Gasteiger partial charge in [-0.2, -0.15) is 0 Å². The Morgan fingerprint density at radius 1 is 1.33 bits per heavy atom. The number of thioether (sulfide) groups is 1. The Morgan fingerprint density at radius 2 is 1.97 bits per heavy atom. The van der Waals surface area contributed by atoms with Crippen LogP contribution in [-0.4, -0.2) is 27.1 Å². The first kappa shape index (κ1) is 23.3. The number of rotatable bonds is 6. The van der Waals surface area contributed by atoms with Gasteiger partial charge in [-0.05, 0) is 54.5 Å². The number of esters is 1. The quantitative estimate of drug-likeness (QED) is 0.209. The van der Waals surface area contributed by atoms with Crippen LogP contribution in [0.25, 0.3) is 6.08 Å². The minimum atomic E-state index is -0.307. The minimum absolute atomic E-state index is 0.0401. The van der Waals surface area contributed by atoms with Crippen molar-refractivity contribution in [3.05, 3.63) is 45.3 Å². The predicted octanol–water partition coefficient (Wildman–Crippen LogP) is 6.18. The molecule has 2 aliphatic rings. The van der Waals surface area contributed by atoms with Crippen LogP contribution in [0.5, 0.6) is 5.75 Å². The lowest BCUT2D eigenvalue weighted by molar-refractivity contribution is -0.136. The summed E-state index contributed by atoms with van der Waals surface area (Å²) in [6, 6.07) is 7.12. The molecule has 0 aromatic heterocycles. The van der Waals surface area contributed by atoms with Gasteiger partial charge in [0.1, 0.15) is 14.6 Å². The number of allylic oxidation sites excluding steroid dienone is 1. The van der Waals surface area contributed by atoms with E-state index >= 15 is 0 Å². The fourth-order valence-corrected chi connectivity index (χ4v) is 5.31. The summed E-state index contributed by atoms with van der Waals surface area (Å²) in [5.41, 5.74) is 0.595. The number of benzene rings is 1. The topological polar surface area (TPSA) is 46.6 Å². The monoisotopic (exact) mass is 483 g/mol. The normalized spacial score (nSPS) is 24.7. The second kappa shape index (κ2) is 9.03. The number of ether oxygens (including phenoxy) is 1. The molecule has 0 spiro atoms. The molecule has 30 heavy (non-hydrogen) atoms. The van der Waals surface area contributed by atoms with E-state index in [1.807, 2.05) is 39.8 Å². The van der Waals surface area contributed by atoms with Gasteiger partial charge in [-0.25, -0.2) is 0 Å². The van der Waals surface area contributed by atoms with Crippen molar-refractivity contribution in [2.75, 3.05) is 0 Å². The maximum Gasteiger partial charge on any atom is 0.315 e. The maximum atomic E-state index is 12.6. The van der Waals surface area contributed by atoms with Gasteiger partial charge in [0, 0.05) is 6.04 Å². The summed E-state index contributed by atoms with van der Waals surface area (Å²) in [5, 5.41) is 0. The van der Waals surface area contributed by atoms with Crippen LogP contribution in [0.4, 0.5) is 0 Å². The van der Waals surface area contributed by atoms with Gasteiger partial charge < -0.3 is 4.74 Å². The molecule has 8 heteroatoms. The summed E-state index contributed by atoms with van der Waals surface area (Å²) in [6.07, 6.45) is 4.33. The third-order valence-corrected chi connectivity index (χ3v) is 7.30. The van der Waals surface area contributed by atoms with Gasteiger partial charge in [0.15, 0.2) is 0 Å². The third-order valence-electron chi connectivity index (χ3n) is 5.72. The number of hydrogen-bond acceptors (Lipinski definition) is 5. The van der Waals surface area contributed by atoms with E-state index in [-0.39, 0.29) is 39.7 Å². The Labute approximate surface area is 196 Å². The highest BCUT2D eigenvalue weighted by Crippen LogP contribution is 2.60. The van der Waals surface area contributed by atoms with Crippen LogP contribution in [0.15, 0.2) is 39.7 Å². The van der Waals surface area contributed by atoms with E-state index < -0.39 is 0 Å². The summed E-state index contributed by atoms with van der Waals surface area (Å²) in [7, 11) is 0. The van der Waals surface area contributed by atoms with Crippen LogP contribution in [0.1, 0.15) is 39.7 Å². The fourth-order valence-electron chi connectivity index (χ4n) is 3.58. The van der Waals surface area contributed by atoms with E-state index in [9.17, 15) is 9.59 Å². The molecule has 1 aliphatic carbocycles. The highest BCUT2D eigenvalue weighted by molar-refractivity contribution is 8.26. The van der Waals surface area contributed by atoms with Crippen molar-refractivity contribution in [3.63, 3.8) is 0 Å². The van der Waals surface area contributed by atoms with Crippen LogP contribution in [0, 0.1) is 17.3 Å². The Bertz CT molecular complexity index is 936. The molecule has 1 aromatic rings. The first-order valence-corrected chi connectivity index (χ1v) is 11.7. The molecule has 0 N–H and O–H groups in total. The molecule has 1 saturated carbocycles. The van der Waals surface area contributed by atoms with Gasteiger partial charge >= 0.3 is 5.97 Å². The molecule has 0 unspecified atom stereocenters. The highest BCUT2D eigenvalue weighted by atomic mass is 35.5. The fraction of sp³-hybridized carbons (Fsp3) is 0.409. The number of carbonyl (C=O) groups is 2. The highest BCUT2D eigenvalue weighted by Gasteiger charge is 2.61. The van der Waals surface area contributed by atoms with Gasteiger partial charge in [-0.3, -0.25) is 14.5 Å². The summed E-state index contributed by atoms with van der Waals surface area (Å²) >= 11 is 18.2. The average molecular weight is 484 g/mol. The first-order chi connectivity index (χ1) is 14.1. The van der Waals surface area contributed by atoms with Gasteiger partial charge in [0.25, 0.3) is 5.91 Å². The van der Waals surface area contributed by atoms with Gasteiger partial charge in [0.05, 0.1) is 10.8 Å². The van der Waals surface area contributed by atoms with Gasteiger partial charge in [0.2, 0.25) is 0 Å². The molecule has 1 amide bonds. The van der Waals surface area contributed by atoms with E-state index in [1.54, 1.807) is 29.2 Å². The number of carbonyl (C=O) groups excluding carboxylic acids is 2. The molecule has 1 aliphatic heterocycles. The second-order valence-corrected chi connectivity index (χ2v) is 10.8. The van der Waals surface area contributed by atoms with Crippen LogP contribution < -0.4 is 4.74 Å². The molecular formula is C22H23Cl2NO3S2. The average Bonchev–Trinajstić information content (AvgIpc) is 3.08. The molecule has 1 heterocycles. The smallest absolute Gasteiger partial charge is 0.315 e. The number of nitrogens with zero attached hydrogens (tertiary/aromatic N) is 1. The molecule has 3 atom stereocenters. The maximum absolute atomic E-state index is 12.6. The Balaban J connectivity index is 1.67. The van der Waals surface area contributed by atoms with E-state index in [0.717, 1.165) is 12.0 Å². The SMILES string of the molecule is CC[C@@H](C)N1C(=O)/C(=C\c2ccc(OC(=O)[C@H]3[C@@H](C=C(Cl)Cl)C3(C)C)cc2)SC1=S. The molecule has 2 fully saturated rings. The predicted molar refractivity (Wildman–Crippen MR) is 127 cm³/mol. The lowest BCUT2D eigenvalue weighted by Gasteiger charge is -2.21. The second-order valence-electron chi connectivity index (χ2n) is 8.08. The van der Waals surface area contributed by atoms with E-state index in [4.69, 9.17) is 40.2 Å². The lowest BCUT2D eigenvalue weighted by atomic mass is 10.1. The Morgan fingerprint density at radius 3 is 2.53 bits per heavy atom. The third kappa shape index (κ3) is 4.77. The van der Waals surface area contributed by atoms with Gasteiger partial charge in [-0.15, -0.1) is 0 Å². The van der Waals surface area contributed by atoms with Crippen molar-refractivity contribution in [2.45, 2.75) is 40.2 Å². The molecule has 1 saturated heterocycles. The molecule has 0 bridgehead atoms. The van der Waals surface area contributed by atoms with Crippen molar-refractivity contribution in [1.29, 1.82) is 0 Å². The summed E-state index contributed by atoms with van der Waals surface area (Å²) in [4.78, 5) is 27.4. The minimum Gasteiger partial charge on any atom is -0.426 e. The zero-order valence-electron chi connectivity index (χ0n) is 17.1. The standard InChI is InChI=1S/C22H23Cl2NO3S2/c1-5-12(2)25-19(26)16(30-21(25)29)10-13-6-8-14(9-7-13)28-20(27)18-15(11-17(23)24)22(18,3)4/h6-12,15,18H,5H2,1-4H3/b16-10+/t12-,15-,18-/m1/s1. The molecule has 4 nitrogen and oxygen atoms in total. The largest absolute Gasteiger partial charge is 0.426 e.